The minimum atomic E-state index is -3.61. The number of sulfonamides is 1. The van der Waals surface area contributed by atoms with Gasteiger partial charge in [-0.05, 0) is 17.7 Å². The molecular formula is C17H17ClN2O2S. The maximum atomic E-state index is 12.6. The second-order valence-electron chi connectivity index (χ2n) is 5.01. The summed E-state index contributed by atoms with van der Waals surface area (Å²) in [6.45, 7) is 0.252. The van der Waals surface area contributed by atoms with Gasteiger partial charge in [0.05, 0.1) is 4.90 Å². The summed E-state index contributed by atoms with van der Waals surface area (Å²) in [7, 11) is -3.61. The zero-order chi connectivity index (χ0) is 15.6. The predicted octanol–water partition coefficient (Wildman–Crippen LogP) is 3.32. The molecule has 0 amide bonds. The van der Waals surface area contributed by atoms with Crippen molar-refractivity contribution in [1.29, 1.82) is 0 Å². The van der Waals surface area contributed by atoms with Gasteiger partial charge in [-0.3, -0.25) is 0 Å². The lowest BCUT2D eigenvalue weighted by atomic mass is 10.1. The van der Waals surface area contributed by atoms with Gasteiger partial charge in [0, 0.05) is 23.0 Å². The van der Waals surface area contributed by atoms with E-state index in [-0.39, 0.29) is 23.8 Å². The van der Waals surface area contributed by atoms with E-state index in [1.165, 1.54) is 0 Å². The molecule has 0 saturated heterocycles. The smallest absolute Gasteiger partial charge is 0.241 e. The Morgan fingerprint density at radius 1 is 0.826 bits per heavy atom. The molecule has 0 radical (unpaired) electrons. The van der Waals surface area contributed by atoms with E-state index in [9.17, 15) is 8.42 Å². The molecule has 0 aromatic heterocycles. The summed E-state index contributed by atoms with van der Waals surface area (Å²) < 4.78 is 27.8. The summed E-state index contributed by atoms with van der Waals surface area (Å²) in [5.74, 6) is 0. The van der Waals surface area contributed by atoms with Crippen LogP contribution in [0.25, 0.3) is 10.8 Å². The second kappa shape index (κ2) is 7.00. The number of nitrogens with one attached hydrogen (secondary N) is 1. The minimum absolute atomic E-state index is 0. The number of hydrogen-bond donors (Lipinski definition) is 2. The lowest BCUT2D eigenvalue weighted by Gasteiger charge is -2.10. The van der Waals surface area contributed by atoms with Gasteiger partial charge < -0.3 is 5.73 Å². The highest BCUT2D eigenvalue weighted by Crippen LogP contribution is 2.27. The molecule has 0 spiro atoms. The van der Waals surface area contributed by atoms with Crippen LogP contribution in [0.2, 0.25) is 0 Å². The Hall–Kier alpha value is -2.08. The first-order valence-corrected chi connectivity index (χ1v) is 8.37. The molecule has 4 nitrogen and oxygen atoms in total. The van der Waals surface area contributed by atoms with Crippen molar-refractivity contribution in [1.82, 2.24) is 4.72 Å². The maximum Gasteiger partial charge on any atom is 0.241 e. The van der Waals surface area contributed by atoms with E-state index in [1.54, 1.807) is 30.3 Å². The van der Waals surface area contributed by atoms with E-state index < -0.39 is 10.0 Å². The predicted molar refractivity (Wildman–Crippen MR) is 96.1 cm³/mol. The molecule has 0 fully saturated rings. The van der Waals surface area contributed by atoms with Gasteiger partial charge in [-0.2, -0.15) is 0 Å². The minimum Gasteiger partial charge on any atom is -0.398 e. The quantitative estimate of drug-likeness (QED) is 0.710. The average molecular weight is 349 g/mol. The third kappa shape index (κ3) is 3.64. The fourth-order valence-corrected chi connectivity index (χ4v) is 3.63. The summed E-state index contributed by atoms with van der Waals surface area (Å²) in [6.07, 6.45) is 0. The Labute approximate surface area is 141 Å². The summed E-state index contributed by atoms with van der Waals surface area (Å²) in [5, 5.41) is 1.37. The van der Waals surface area contributed by atoms with Crippen LogP contribution in [0.1, 0.15) is 5.56 Å². The Morgan fingerprint density at radius 2 is 1.48 bits per heavy atom. The van der Waals surface area contributed by atoms with Gasteiger partial charge in [0.2, 0.25) is 10.0 Å². The molecule has 0 aliphatic carbocycles. The first kappa shape index (κ1) is 17.3. The summed E-state index contributed by atoms with van der Waals surface area (Å²) in [6, 6.07) is 19.8. The van der Waals surface area contributed by atoms with Crippen LogP contribution in [-0.4, -0.2) is 8.42 Å². The molecule has 3 aromatic rings. The normalized spacial score (nSPS) is 11.1. The number of fused-ring (bicyclic) bond motifs is 1. The van der Waals surface area contributed by atoms with Crippen molar-refractivity contribution in [2.75, 3.05) is 5.73 Å². The first-order valence-electron chi connectivity index (χ1n) is 6.89. The van der Waals surface area contributed by atoms with Crippen molar-refractivity contribution in [2.45, 2.75) is 11.4 Å². The van der Waals surface area contributed by atoms with Crippen LogP contribution < -0.4 is 10.5 Å². The Morgan fingerprint density at radius 3 is 2.22 bits per heavy atom. The highest BCUT2D eigenvalue weighted by Gasteiger charge is 2.17. The van der Waals surface area contributed by atoms with E-state index in [0.29, 0.717) is 11.1 Å². The van der Waals surface area contributed by atoms with Crippen molar-refractivity contribution >= 4 is 38.9 Å². The van der Waals surface area contributed by atoms with E-state index in [1.807, 2.05) is 36.4 Å². The van der Waals surface area contributed by atoms with Crippen molar-refractivity contribution < 1.29 is 8.42 Å². The van der Waals surface area contributed by atoms with Crippen LogP contribution in [0.5, 0.6) is 0 Å². The molecule has 23 heavy (non-hydrogen) atoms. The molecule has 0 bridgehead atoms. The Bertz CT molecular complexity index is 912. The highest BCUT2D eigenvalue weighted by atomic mass is 35.5. The number of rotatable bonds is 4. The van der Waals surface area contributed by atoms with Crippen LogP contribution in [0.15, 0.2) is 71.6 Å². The van der Waals surface area contributed by atoms with Gasteiger partial charge in [0.15, 0.2) is 0 Å². The van der Waals surface area contributed by atoms with Gasteiger partial charge in [-0.1, -0.05) is 54.6 Å². The molecule has 0 unspecified atom stereocenters. The summed E-state index contributed by atoms with van der Waals surface area (Å²) in [4.78, 5) is 0.244. The SMILES string of the molecule is Cl.Nc1cccc2c(S(=O)(=O)NCc3ccccc3)cccc12. The number of nitrogens with two attached hydrogens (primary N) is 1. The van der Waals surface area contributed by atoms with Crippen molar-refractivity contribution in [3.05, 3.63) is 72.3 Å². The van der Waals surface area contributed by atoms with Gasteiger partial charge in [-0.15, -0.1) is 12.4 Å². The zero-order valence-electron chi connectivity index (χ0n) is 12.3. The summed E-state index contributed by atoms with van der Waals surface area (Å²) in [5.41, 5.74) is 7.39. The fraction of sp³-hybridized carbons (Fsp3) is 0.0588. The van der Waals surface area contributed by atoms with Crippen molar-refractivity contribution in [3.63, 3.8) is 0 Å². The topological polar surface area (TPSA) is 72.2 Å². The van der Waals surface area contributed by atoms with Gasteiger partial charge in [0.1, 0.15) is 0 Å². The van der Waals surface area contributed by atoms with Crippen LogP contribution >= 0.6 is 12.4 Å². The lowest BCUT2D eigenvalue weighted by Crippen LogP contribution is -2.23. The van der Waals surface area contributed by atoms with Gasteiger partial charge in [-0.25, -0.2) is 13.1 Å². The number of benzene rings is 3. The number of hydrogen-bond acceptors (Lipinski definition) is 3. The lowest BCUT2D eigenvalue weighted by molar-refractivity contribution is 0.582. The maximum absolute atomic E-state index is 12.6. The largest absolute Gasteiger partial charge is 0.398 e. The van der Waals surface area contributed by atoms with Gasteiger partial charge >= 0.3 is 0 Å². The monoisotopic (exact) mass is 348 g/mol. The Kier molecular flexibility index (Phi) is 5.26. The van der Waals surface area contributed by atoms with Crippen LogP contribution in [0, 0.1) is 0 Å². The molecule has 0 heterocycles. The molecular weight excluding hydrogens is 332 g/mol. The van der Waals surface area contributed by atoms with E-state index in [2.05, 4.69) is 4.72 Å². The van der Waals surface area contributed by atoms with Crippen LogP contribution in [-0.2, 0) is 16.6 Å². The third-order valence-electron chi connectivity index (χ3n) is 3.51. The van der Waals surface area contributed by atoms with Crippen LogP contribution in [0.4, 0.5) is 5.69 Å². The third-order valence-corrected chi connectivity index (χ3v) is 4.97. The molecule has 0 aliphatic rings. The molecule has 0 saturated carbocycles. The highest BCUT2D eigenvalue weighted by molar-refractivity contribution is 7.89. The standard InChI is InChI=1S/C17H16N2O2S.ClH/c18-16-10-4-9-15-14(16)8-5-11-17(15)22(20,21)19-12-13-6-2-1-3-7-13;/h1-11,19H,12,18H2;1H. The first-order chi connectivity index (χ1) is 10.6. The molecule has 3 rings (SSSR count). The zero-order valence-corrected chi connectivity index (χ0v) is 13.9. The Balaban J connectivity index is 0.00000192. The molecule has 6 heteroatoms. The fourth-order valence-electron chi connectivity index (χ4n) is 2.39. The van der Waals surface area contributed by atoms with E-state index >= 15 is 0 Å². The second-order valence-corrected chi connectivity index (χ2v) is 6.74. The molecule has 120 valence electrons. The van der Waals surface area contributed by atoms with Crippen molar-refractivity contribution in [3.8, 4) is 0 Å². The number of halogens is 1. The molecule has 0 aliphatic heterocycles. The average Bonchev–Trinajstić information content (AvgIpc) is 2.54. The van der Waals surface area contributed by atoms with Gasteiger partial charge in [0.25, 0.3) is 0 Å². The van der Waals surface area contributed by atoms with Crippen LogP contribution in [0.3, 0.4) is 0 Å². The molecule has 0 atom stereocenters. The van der Waals surface area contributed by atoms with Crippen molar-refractivity contribution in [2.24, 2.45) is 0 Å². The van der Waals surface area contributed by atoms with E-state index in [4.69, 9.17) is 5.73 Å². The van der Waals surface area contributed by atoms with E-state index in [0.717, 1.165) is 10.9 Å². The number of nitrogen functional groups attached to an aromatic ring is 1. The molecule has 3 aromatic carbocycles. The molecule has 3 N–H and O–H groups in total. The summed E-state index contributed by atoms with van der Waals surface area (Å²) >= 11 is 0. The number of anilines is 1.